The zero-order chi connectivity index (χ0) is 9.14. The number of H-pyrrole nitrogens is 1. The summed E-state index contributed by atoms with van der Waals surface area (Å²) in [7, 11) is 0. The van der Waals surface area contributed by atoms with E-state index in [0.717, 1.165) is 6.20 Å². The van der Waals surface area contributed by atoms with E-state index in [1.807, 2.05) is 0 Å². The van der Waals surface area contributed by atoms with Crippen LogP contribution in [0.3, 0.4) is 0 Å². The Bertz CT molecular complexity index is 327. The molecule has 0 fully saturated rings. The normalized spacial score (nSPS) is 11.5. The van der Waals surface area contributed by atoms with Crippen molar-refractivity contribution in [2.24, 2.45) is 5.73 Å². The van der Waals surface area contributed by atoms with Crippen molar-refractivity contribution in [2.45, 2.75) is 0 Å². The molecule has 1 aromatic heterocycles. The van der Waals surface area contributed by atoms with Crippen LogP contribution in [0.25, 0.3) is 5.76 Å². The molecule has 1 heterocycles. The summed E-state index contributed by atoms with van der Waals surface area (Å²) in [6.45, 7) is 0. The van der Waals surface area contributed by atoms with Gasteiger partial charge in [-0.15, -0.1) is 0 Å². The van der Waals surface area contributed by atoms with Crippen molar-refractivity contribution >= 4 is 17.9 Å². The van der Waals surface area contributed by atoms with Crippen LogP contribution in [0.5, 0.6) is 0 Å². The second-order valence-corrected chi connectivity index (χ2v) is 2.22. The molecule has 0 bridgehead atoms. The molecule has 0 aromatic carbocycles. The number of hydrogen-bond donors (Lipinski definition) is 4. The maximum atomic E-state index is 10.3. The maximum Gasteiger partial charge on any atom is 0.166 e. The molecule has 64 valence electrons. The summed E-state index contributed by atoms with van der Waals surface area (Å²) in [5.41, 5.74) is 11.1. The molecule has 0 saturated heterocycles. The first kappa shape index (κ1) is 8.19. The Hall–Kier alpha value is -1.91. The van der Waals surface area contributed by atoms with Gasteiger partial charge in [0.05, 0.1) is 11.3 Å². The van der Waals surface area contributed by atoms with E-state index in [9.17, 15) is 4.79 Å². The highest BCUT2D eigenvalue weighted by Crippen LogP contribution is 2.18. The first-order chi connectivity index (χ1) is 5.69. The highest BCUT2D eigenvalue weighted by atomic mass is 16.3. The number of aliphatic hydroxyl groups is 1. The number of nitrogens with two attached hydrogens (primary N) is 2. The molecule has 0 spiro atoms. The van der Waals surface area contributed by atoms with Crippen molar-refractivity contribution in [1.29, 1.82) is 0 Å². The molecule has 5 nitrogen and oxygen atoms in total. The van der Waals surface area contributed by atoms with Gasteiger partial charge in [0.25, 0.3) is 0 Å². The van der Waals surface area contributed by atoms with Gasteiger partial charge in [0.15, 0.2) is 6.29 Å². The number of nitrogens with one attached hydrogen (secondary N) is 1. The number of aromatic nitrogens is 1. The number of nitrogen functional groups attached to an aromatic ring is 1. The number of carbonyl (C=O) groups is 1. The molecule has 0 unspecified atom stereocenters. The standard InChI is InChI=1S/C7H9N3O2/c8-2-6(12)5-1-4(3-11)10-7(5)9/h1-3,10,12H,8-9H2/b6-2+. The smallest absolute Gasteiger partial charge is 0.166 e. The van der Waals surface area contributed by atoms with Gasteiger partial charge in [-0.1, -0.05) is 0 Å². The number of anilines is 1. The summed E-state index contributed by atoms with van der Waals surface area (Å²) in [6, 6.07) is 1.42. The fraction of sp³-hybridized carbons (Fsp3) is 0. The van der Waals surface area contributed by atoms with E-state index in [-0.39, 0.29) is 11.6 Å². The topological polar surface area (TPSA) is 105 Å². The van der Waals surface area contributed by atoms with E-state index in [1.165, 1.54) is 6.07 Å². The van der Waals surface area contributed by atoms with Gasteiger partial charge < -0.3 is 21.6 Å². The summed E-state index contributed by atoms with van der Waals surface area (Å²) in [5, 5.41) is 9.14. The first-order valence-electron chi connectivity index (χ1n) is 3.24. The van der Waals surface area contributed by atoms with Gasteiger partial charge in [-0.05, 0) is 6.07 Å². The molecule has 5 heteroatoms. The van der Waals surface area contributed by atoms with Gasteiger partial charge in [-0.25, -0.2) is 0 Å². The van der Waals surface area contributed by atoms with Crippen molar-refractivity contribution < 1.29 is 9.90 Å². The minimum atomic E-state index is -0.156. The van der Waals surface area contributed by atoms with Crippen LogP contribution in [0.15, 0.2) is 12.3 Å². The van der Waals surface area contributed by atoms with Gasteiger partial charge in [0.2, 0.25) is 0 Å². The summed E-state index contributed by atoms with van der Waals surface area (Å²) in [6.07, 6.45) is 1.61. The Labute approximate surface area is 68.7 Å². The molecular weight excluding hydrogens is 158 g/mol. The zero-order valence-corrected chi connectivity index (χ0v) is 6.24. The molecule has 1 rings (SSSR count). The Balaban J connectivity index is 3.16. The van der Waals surface area contributed by atoms with Crippen LogP contribution in [-0.2, 0) is 0 Å². The Morgan fingerprint density at radius 3 is 2.75 bits per heavy atom. The van der Waals surface area contributed by atoms with E-state index in [2.05, 4.69) is 4.98 Å². The molecule has 0 amide bonds. The quantitative estimate of drug-likeness (QED) is 0.373. The van der Waals surface area contributed by atoms with E-state index in [1.54, 1.807) is 0 Å². The highest BCUT2D eigenvalue weighted by Gasteiger charge is 2.07. The predicted molar refractivity (Wildman–Crippen MR) is 45.4 cm³/mol. The number of aldehydes is 1. The van der Waals surface area contributed by atoms with Crippen LogP contribution >= 0.6 is 0 Å². The highest BCUT2D eigenvalue weighted by molar-refractivity contribution is 5.79. The van der Waals surface area contributed by atoms with Crippen LogP contribution in [0.1, 0.15) is 16.1 Å². The molecule has 12 heavy (non-hydrogen) atoms. The lowest BCUT2D eigenvalue weighted by molar-refractivity contribution is 0.111. The van der Waals surface area contributed by atoms with Crippen molar-refractivity contribution in [3.8, 4) is 0 Å². The molecule has 1 aromatic rings. The summed E-state index contributed by atoms with van der Waals surface area (Å²) >= 11 is 0. The van der Waals surface area contributed by atoms with Crippen LogP contribution in [-0.4, -0.2) is 16.4 Å². The minimum Gasteiger partial charge on any atom is -0.506 e. The monoisotopic (exact) mass is 167 g/mol. The second kappa shape index (κ2) is 3.00. The fourth-order valence-electron chi connectivity index (χ4n) is 0.857. The Kier molecular flexibility index (Phi) is 2.05. The first-order valence-corrected chi connectivity index (χ1v) is 3.24. The lowest BCUT2D eigenvalue weighted by Crippen LogP contribution is -1.92. The van der Waals surface area contributed by atoms with Gasteiger partial charge in [-0.3, -0.25) is 4.79 Å². The van der Waals surface area contributed by atoms with Crippen LogP contribution in [0.4, 0.5) is 5.82 Å². The van der Waals surface area contributed by atoms with Gasteiger partial charge >= 0.3 is 0 Å². The number of hydrogen-bond acceptors (Lipinski definition) is 4. The van der Waals surface area contributed by atoms with Crippen LogP contribution in [0.2, 0.25) is 0 Å². The molecule has 0 aliphatic heterocycles. The third kappa shape index (κ3) is 1.24. The lowest BCUT2D eigenvalue weighted by Gasteiger charge is -1.94. The largest absolute Gasteiger partial charge is 0.506 e. The average Bonchev–Trinajstić information content (AvgIpc) is 2.45. The zero-order valence-electron chi connectivity index (χ0n) is 6.24. The minimum absolute atomic E-state index is 0.156. The van der Waals surface area contributed by atoms with Crippen LogP contribution in [0, 0.1) is 0 Å². The van der Waals surface area contributed by atoms with Crippen molar-refractivity contribution in [1.82, 2.24) is 4.98 Å². The third-order valence-electron chi connectivity index (χ3n) is 1.43. The van der Waals surface area contributed by atoms with Gasteiger partial charge in [-0.2, -0.15) is 0 Å². The number of carbonyl (C=O) groups excluding carboxylic acids is 1. The molecule has 0 saturated carbocycles. The van der Waals surface area contributed by atoms with Gasteiger partial charge in [0.1, 0.15) is 11.6 Å². The molecule has 6 N–H and O–H groups in total. The molecular formula is C7H9N3O2. The number of aliphatic hydroxyl groups excluding tert-OH is 1. The summed E-state index contributed by atoms with van der Waals surface area (Å²) in [4.78, 5) is 12.8. The van der Waals surface area contributed by atoms with Gasteiger partial charge in [0, 0.05) is 6.20 Å². The predicted octanol–water partition coefficient (Wildman–Crippen LogP) is 0.225. The lowest BCUT2D eigenvalue weighted by atomic mass is 10.2. The third-order valence-corrected chi connectivity index (χ3v) is 1.43. The molecule has 0 aliphatic carbocycles. The fourth-order valence-corrected chi connectivity index (χ4v) is 0.857. The number of aromatic amines is 1. The van der Waals surface area contributed by atoms with Crippen LogP contribution < -0.4 is 11.5 Å². The average molecular weight is 167 g/mol. The molecule has 0 radical (unpaired) electrons. The summed E-state index contributed by atoms with van der Waals surface area (Å²) < 4.78 is 0. The maximum absolute atomic E-state index is 10.3. The van der Waals surface area contributed by atoms with Crippen molar-refractivity contribution in [3.05, 3.63) is 23.5 Å². The Morgan fingerprint density at radius 2 is 2.33 bits per heavy atom. The van der Waals surface area contributed by atoms with E-state index in [4.69, 9.17) is 16.6 Å². The molecule has 0 atom stereocenters. The SMILES string of the molecule is N/C=C(/O)c1cc(C=O)[nH]c1N. The summed E-state index contributed by atoms with van der Waals surface area (Å²) in [5.74, 6) is 0.0631. The Morgan fingerprint density at radius 1 is 1.67 bits per heavy atom. The van der Waals surface area contributed by atoms with E-state index >= 15 is 0 Å². The van der Waals surface area contributed by atoms with E-state index < -0.39 is 0 Å². The second-order valence-electron chi connectivity index (χ2n) is 2.22. The van der Waals surface area contributed by atoms with Crippen molar-refractivity contribution in [3.63, 3.8) is 0 Å². The number of rotatable bonds is 2. The van der Waals surface area contributed by atoms with E-state index in [0.29, 0.717) is 17.5 Å². The molecule has 0 aliphatic rings. The van der Waals surface area contributed by atoms with Crippen molar-refractivity contribution in [2.75, 3.05) is 5.73 Å².